The van der Waals surface area contributed by atoms with Gasteiger partial charge in [0.25, 0.3) is 5.17 Å². The van der Waals surface area contributed by atoms with Gasteiger partial charge in [-0.3, -0.25) is 0 Å². The number of morpholine rings is 1. The summed E-state index contributed by atoms with van der Waals surface area (Å²) in [5.74, 6) is 0. The van der Waals surface area contributed by atoms with Gasteiger partial charge in [0.15, 0.2) is 0 Å². The second kappa shape index (κ2) is 6.21. The van der Waals surface area contributed by atoms with Crippen molar-refractivity contribution in [1.82, 2.24) is 0 Å². The van der Waals surface area contributed by atoms with Crippen LogP contribution in [0.5, 0.6) is 0 Å². The van der Waals surface area contributed by atoms with Crippen molar-refractivity contribution in [2.75, 3.05) is 30.4 Å². The molecule has 2 unspecified atom stereocenters. The lowest BCUT2D eigenvalue weighted by atomic mass is 10.2. The van der Waals surface area contributed by atoms with Gasteiger partial charge in [0.2, 0.25) is 0 Å². The molecule has 1 aliphatic heterocycles. The molecule has 1 aromatic carbocycles. The number of methoxy groups -OCH3 is 1. The van der Waals surface area contributed by atoms with Gasteiger partial charge in [-0.1, -0.05) is 0 Å². The van der Waals surface area contributed by atoms with Crippen molar-refractivity contribution in [3.05, 3.63) is 24.3 Å². The number of ether oxygens (including phenoxy) is 2. The molecule has 0 saturated carbocycles. The lowest BCUT2D eigenvalue weighted by Crippen LogP contribution is -2.45. The Morgan fingerprint density at radius 1 is 1.26 bits per heavy atom. The molecule has 0 bridgehead atoms. The van der Waals surface area contributed by atoms with E-state index < -0.39 is 0 Å². The lowest BCUT2D eigenvalue weighted by molar-refractivity contribution is -0.00521. The first-order valence-corrected chi connectivity index (χ1v) is 6.84. The lowest BCUT2D eigenvalue weighted by Gasteiger charge is -2.36. The number of thiocarbonyl (C=S) groups is 1. The average Bonchev–Trinajstić information content (AvgIpc) is 2.38. The molecular formula is C14H20N2O2S. The van der Waals surface area contributed by atoms with E-state index in [1.165, 1.54) is 5.69 Å². The van der Waals surface area contributed by atoms with Gasteiger partial charge in [-0.2, -0.15) is 0 Å². The molecule has 1 fully saturated rings. The fourth-order valence-corrected chi connectivity index (χ4v) is 2.43. The second-order valence-corrected chi connectivity index (χ2v) is 5.20. The SMILES string of the molecule is COC(=S)Nc1ccc(N2CC(C)OC(C)C2)cc1. The molecule has 0 aromatic heterocycles. The number of nitrogens with one attached hydrogen (secondary N) is 1. The largest absolute Gasteiger partial charge is 0.474 e. The van der Waals surface area contributed by atoms with Crippen LogP contribution in [0.15, 0.2) is 24.3 Å². The van der Waals surface area contributed by atoms with Crippen LogP contribution in [-0.2, 0) is 9.47 Å². The number of nitrogens with zero attached hydrogens (tertiary/aromatic N) is 1. The molecular weight excluding hydrogens is 260 g/mol. The molecule has 0 aliphatic carbocycles. The molecule has 1 N–H and O–H groups in total. The van der Waals surface area contributed by atoms with Crippen LogP contribution in [0.4, 0.5) is 11.4 Å². The molecule has 2 rings (SSSR count). The van der Waals surface area contributed by atoms with Crippen molar-refractivity contribution in [3.63, 3.8) is 0 Å². The third kappa shape index (κ3) is 3.81. The highest BCUT2D eigenvalue weighted by molar-refractivity contribution is 7.80. The van der Waals surface area contributed by atoms with Crippen LogP contribution in [0, 0.1) is 0 Å². The zero-order valence-corrected chi connectivity index (χ0v) is 12.4. The highest BCUT2D eigenvalue weighted by Crippen LogP contribution is 2.22. The Balaban J connectivity index is 2.03. The van der Waals surface area contributed by atoms with Gasteiger partial charge in [-0.25, -0.2) is 0 Å². The predicted octanol–water partition coefficient (Wildman–Crippen LogP) is 2.64. The normalized spacial score (nSPS) is 23.0. The smallest absolute Gasteiger partial charge is 0.260 e. The van der Waals surface area contributed by atoms with Gasteiger partial charge in [-0.15, -0.1) is 0 Å². The van der Waals surface area contributed by atoms with E-state index in [1.807, 2.05) is 12.1 Å². The van der Waals surface area contributed by atoms with Crippen molar-refractivity contribution >= 4 is 28.8 Å². The maximum Gasteiger partial charge on any atom is 0.260 e. The summed E-state index contributed by atoms with van der Waals surface area (Å²) in [4.78, 5) is 2.34. The first-order valence-electron chi connectivity index (χ1n) is 6.44. The number of hydrogen-bond donors (Lipinski definition) is 1. The van der Waals surface area contributed by atoms with Crippen LogP contribution in [0.2, 0.25) is 0 Å². The summed E-state index contributed by atoms with van der Waals surface area (Å²) in [5, 5.41) is 3.38. The Hall–Kier alpha value is -1.33. The van der Waals surface area contributed by atoms with E-state index in [0.717, 1.165) is 18.8 Å². The van der Waals surface area contributed by atoms with Gasteiger partial charge in [0.1, 0.15) is 0 Å². The van der Waals surface area contributed by atoms with Crippen LogP contribution >= 0.6 is 12.2 Å². The van der Waals surface area contributed by atoms with Crippen LogP contribution in [0.3, 0.4) is 0 Å². The Morgan fingerprint density at radius 2 is 1.84 bits per heavy atom. The fraction of sp³-hybridized carbons (Fsp3) is 0.500. The topological polar surface area (TPSA) is 33.7 Å². The van der Waals surface area contributed by atoms with Crippen LogP contribution < -0.4 is 10.2 Å². The van der Waals surface area contributed by atoms with Crippen molar-refractivity contribution in [2.45, 2.75) is 26.1 Å². The molecule has 4 nitrogen and oxygen atoms in total. The standard InChI is InChI=1S/C14H20N2O2S/c1-10-8-16(9-11(2)18-10)13-6-4-12(5-7-13)15-14(19)17-3/h4-7,10-11H,8-9H2,1-3H3,(H,15,19). The molecule has 1 aromatic rings. The Bertz CT molecular complexity index is 426. The molecule has 5 heteroatoms. The maximum atomic E-state index is 5.74. The van der Waals surface area contributed by atoms with E-state index in [2.05, 4.69) is 36.2 Å². The highest BCUT2D eigenvalue weighted by Gasteiger charge is 2.22. The van der Waals surface area contributed by atoms with E-state index in [4.69, 9.17) is 21.7 Å². The summed E-state index contributed by atoms with van der Waals surface area (Å²) >= 11 is 4.97. The summed E-state index contributed by atoms with van der Waals surface area (Å²) in [5.41, 5.74) is 2.14. The molecule has 0 amide bonds. The zero-order valence-electron chi connectivity index (χ0n) is 11.6. The molecule has 0 radical (unpaired) electrons. The minimum absolute atomic E-state index is 0.266. The predicted molar refractivity (Wildman–Crippen MR) is 81.9 cm³/mol. The molecule has 19 heavy (non-hydrogen) atoms. The molecule has 0 spiro atoms. The molecule has 1 saturated heterocycles. The molecule has 2 atom stereocenters. The molecule has 104 valence electrons. The number of hydrogen-bond acceptors (Lipinski definition) is 4. The Morgan fingerprint density at radius 3 is 2.37 bits per heavy atom. The van der Waals surface area contributed by atoms with E-state index in [-0.39, 0.29) is 12.2 Å². The monoisotopic (exact) mass is 280 g/mol. The van der Waals surface area contributed by atoms with Gasteiger partial charge in [0, 0.05) is 24.5 Å². The van der Waals surface area contributed by atoms with E-state index in [9.17, 15) is 0 Å². The quantitative estimate of drug-likeness (QED) is 0.842. The summed E-state index contributed by atoms with van der Waals surface area (Å²) in [6, 6.07) is 8.19. The van der Waals surface area contributed by atoms with Crippen molar-refractivity contribution < 1.29 is 9.47 Å². The van der Waals surface area contributed by atoms with E-state index in [1.54, 1.807) is 7.11 Å². The van der Waals surface area contributed by atoms with Gasteiger partial charge in [-0.05, 0) is 50.3 Å². The van der Waals surface area contributed by atoms with Gasteiger partial charge in [0.05, 0.1) is 19.3 Å². The first-order chi connectivity index (χ1) is 9.08. The summed E-state index contributed by atoms with van der Waals surface area (Å²) in [6.07, 6.45) is 0.533. The van der Waals surface area contributed by atoms with Gasteiger partial charge >= 0.3 is 0 Å². The summed E-state index contributed by atoms with van der Waals surface area (Å²) in [7, 11) is 1.56. The molecule has 1 aliphatic rings. The van der Waals surface area contributed by atoms with Crippen LogP contribution in [0.25, 0.3) is 0 Å². The van der Waals surface area contributed by atoms with Crippen molar-refractivity contribution in [2.24, 2.45) is 0 Å². The van der Waals surface area contributed by atoms with E-state index >= 15 is 0 Å². The average molecular weight is 280 g/mol. The second-order valence-electron chi connectivity index (χ2n) is 4.83. The first kappa shape index (κ1) is 14.1. The maximum absolute atomic E-state index is 5.74. The highest BCUT2D eigenvalue weighted by atomic mass is 32.1. The summed E-state index contributed by atoms with van der Waals surface area (Å²) < 4.78 is 10.7. The van der Waals surface area contributed by atoms with Crippen LogP contribution in [-0.4, -0.2) is 37.6 Å². The summed E-state index contributed by atoms with van der Waals surface area (Å²) in [6.45, 7) is 6.06. The van der Waals surface area contributed by atoms with Gasteiger partial charge < -0.3 is 19.7 Å². The molecule has 1 heterocycles. The zero-order chi connectivity index (χ0) is 13.8. The number of anilines is 2. The minimum atomic E-state index is 0.266. The Kier molecular flexibility index (Phi) is 4.61. The van der Waals surface area contributed by atoms with E-state index in [0.29, 0.717) is 5.17 Å². The van der Waals surface area contributed by atoms with Crippen LogP contribution in [0.1, 0.15) is 13.8 Å². The third-order valence-electron chi connectivity index (χ3n) is 3.08. The van der Waals surface area contributed by atoms with Crippen molar-refractivity contribution in [3.8, 4) is 0 Å². The minimum Gasteiger partial charge on any atom is -0.474 e. The number of rotatable bonds is 2. The van der Waals surface area contributed by atoms with Crippen molar-refractivity contribution in [1.29, 1.82) is 0 Å². The third-order valence-corrected chi connectivity index (χ3v) is 3.35. The fourth-order valence-electron chi connectivity index (χ4n) is 2.31. The number of benzene rings is 1. The Labute approximate surface area is 119 Å².